The van der Waals surface area contributed by atoms with Crippen molar-refractivity contribution in [3.05, 3.63) is 65.3 Å². The Morgan fingerprint density at radius 3 is 2.83 bits per heavy atom. The zero-order chi connectivity index (χ0) is 20.2. The highest BCUT2D eigenvalue weighted by molar-refractivity contribution is 5.94. The molecule has 1 amide bonds. The molecule has 2 aromatic rings. The van der Waals surface area contributed by atoms with Crippen LogP contribution in [0.1, 0.15) is 53.0 Å². The molecule has 0 saturated carbocycles. The van der Waals surface area contributed by atoms with Gasteiger partial charge in [0.1, 0.15) is 5.82 Å². The van der Waals surface area contributed by atoms with Crippen molar-refractivity contribution in [1.82, 2.24) is 20.0 Å². The van der Waals surface area contributed by atoms with Gasteiger partial charge in [0.05, 0.1) is 6.54 Å². The lowest BCUT2D eigenvalue weighted by atomic mass is 9.90. The second-order valence-electron chi connectivity index (χ2n) is 8.01. The zero-order valence-electron chi connectivity index (χ0n) is 16.9. The number of rotatable bonds is 6. The summed E-state index contributed by atoms with van der Waals surface area (Å²) in [6, 6.07) is 7.07. The fourth-order valence-corrected chi connectivity index (χ4v) is 4.45. The molecule has 154 valence electrons. The fourth-order valence-electron chi connectivity index (χ4n) is 4.45. The lowest BCUT2D eigenvalue weighted by molar-refractivity contribution is 0.0716. The third kappa shape index (κ3) is 4.27. The molecule has 1 aromatic heterocycles. The van der Waals surface area contributed by atoms with E-state index >= 15 is 0 Å². The largest absolute Gasteiger partial charge is 0.337 e. The molecule has 1 aromatic carbocycles. The Morgan fingerprint density at radius 2 is 2.07 bits per heavy atom. The first-order chi connectivity index (χ1) is 14.2. The van der Waals surface area contributed by atoms with Gasteiger partial charge in [0.25, 0.3) is 5.91 Å². The lowest BCUT2D eigenvalue weighted by Gasteiger charge is -2.28. The summed E-state index contributed by atoms with van der Waals surface area (Å²) in [5, 5.41) is 8.17. The Kier molecular flexibility index (Phi) is 6.09. The highest BCUT2D eigenvalue weighted by atomic mass is 19.1. The van der Waals surface area contributed by atoms with Gasteiger partial charge in [0.15, 0.2) is 5.69 Å². The highest BCUT2D eigenvalue weighted by Gasteiger charge is 2.31. The highest BCUT2D eigenvalue weighted by Crippen LogP contribution is 2.27. The molecule has 6 heteroatoms. The Hall–Kier alpha value is -2.47. The number of carbonyl (C=O) groups excluding carboxylic acids is 1. The van der Waals surface area contributed by atoms with E-state index in [2.05, 4.69) is 17.0 Å². The molecular formula is C23H29FN4O. The summed E-state index contributed by atoms with van der Waals surface area (Å²) in [5.74, 6) is -0.130. The number of hydrogen-bond donors (Lipinski definition) is 1. The maximum Gasteiger partial charge on any atom is 0.274 e. The van der Waals surface area contributed by atoms with Gasteiger partial charge in [-0.2, -0.15) is 5.10 Å². The molecule has 0 radical (unpaired) electrons. The van der Waals surface area contributed by atoms with Gasteiger partial charge in [-0.1, -0.05) is 24.3 Å². The Morgan fingerprint density at radius 1 is 1.28 bits per heavy atom. The molecule has 2 heterocycles. The van der Waals surface area contributed by atoms with Crippen molar-refractivity contribution in [2.45, 2.75) is 57.7 Å². The quantitative estimate of drug-likeness (QED) is 0.761. The third-order valence-electron chi connectivity index (χ3n) is 6.03. The van der Waals surface area contributed by atoms with E-state index in [-0.39, 0.29) is 17.8 Å². The van der Waals surface area contributed by atoms with Crippen LogP contribution in [0.5, 0.6) is 0 Å². The number of benzene rings is 1. The van der Waals surface area contributed by atoms with Crippen molar-refractivity contribution in [3.8, 4) is 0 Å². The van der Waals surface area contributed by atoms with Crippen molar-refractivity contribution < 1.29 is 9.18 Å². The van der Waals surface area contributed by atoms with Crippen molar-refractivity contribution in [3.63, 3.8) is 0 Å². The molecular weight excluding hydrogens is 367 g/mol. The average Bonchev–Trinajstić information content (AvgIpc) is 3.11. The van der Waals surface area contributed by atoms with Crippen LogP contribution in [-0.2, 0) is 25.9 Å². The molecule has 29 heavy (non-hydrogen) atoms. The molecule has 1 aliphatic heterocycles. The molecule has 1 N–H and O–H groups in total. The van der Waals surface area contributed by atoms with Crippen LogP contribution in [0.2, 0.25) is 0 Å². The first-order valence-corrected chi connectivity index (χ1v) is 10.6. The predicted molar refractivity (Wildman–Crippen MR) is 111 cm³/mol. The first-order valence-electron chi connectivity index (χ1n) is 10.6. The van der Waals surface area contributed by atoms with E-state index in [9.17, 15) is 9.18 Å². The van der Waals surface area contributed by atoms with E-state index in [1.54, 1.807) is 6.07 Å². The molecule has 2 aliphatic rings. The summed E-state index contributed by atoms with van der Waals surface area (Å²) in [7, 11) is 0. The van der Waals surface area contributed by atoms with E-state index < -0.39 is 0 Å². The fraction of sp³-hybridized carbons (Fsp3) is 0.478. The third-order valence-corrected chi connectivity index (χ3v) is 6.03. The van der Waals surface area contributed by atoms with Crippen molar-refractivity contribution in [2.75, 3.05) is 13.1 Å². The summed E-state index contributed by atoms with van der Waals surface area (Å²) in [6.45, 7) is 6.57. The van der Waals surface area contributed by atoms with Crippen LogP contribution in [0.25, 0.3) is 0 Å². The van der Waals surface area contributed by atoms with Gasteiger partial charge in [-0.15, -0.1) is 6.58 Å². The first kappa shape index (κ1) is 19.8. The average molecular weight is 397 g/mol. The zero-order valence-corrected chi connectivity index (χ0v) is 16.9. The lowest BCUT2D eigenvalue weighted by Crippen LogP contribution is -2.38. The molecule has 5 nitrogen and oxygen atoms in total. The van der Waals surface area contributed by atoms with Gasteiger partial charge in [-0.05, 0) is 44.6 Å². The predicted octanol–water partition coefficient (Wildman–Crippen LogP) is 3.48. The van der Waals surface area contributed by atoms with Crippen molar-refractivity contribution in [2.24, 2.45) is 0 Å². The van der Waals surface area contributed by atoms with E-state index in [0.29, 0.717) is 24.3 Å². The molecule has 0 bridgehead atoms. The van der Waals surface area contributed by atoms with Gasteiger partial charge in [-0.25, -0.2) is 4.39 Å². The number of amides is 1. The standard InChI is InChI=1S/C23H29FN4O/c1-2-12-28-21-11-10-18(25-16-17-8-4-5-9-20(17)24)15-19(21)22(26-28)23(29)27-13-6-3-7-14-27/h2,4-5,8-9,18,25H,1,3,6-7,10-16H2/t18-/m0/s1. The summed E-state index contributed by atoms with van der Waals surface area (Å²) in [5.41, 5.74) is 3.47. The minimum Gasteiger partial charge on any atom is -0.337 e. The second-order valence-corrected chi connectivity index (χ2v) is 8.01. The van der Waals surface area contributed by atoms with Crippen molar-refractivity contribution >= 4 is 5.91 Å². The monoisotopic (exact) mass is 396 g/mol. The van der Waals surface area contributed by atoms with Gasteiger partial charge in [0, 0.05) is 42.5 Å². The minimum atomic E-state index is -0.184. The number of hydrogen-bond acceptors (Lipinski definition) is 3. The number of fused-ring (bicyclic) bond motifs is 1. The Bertz CT molecular complexity index is 885. The number of aromatic nitrogens is 2. The van der Waals surface area contributed by atoms with E-state index in [1.807, 2.05) is 27.8 Å². The van der Waals surface area contributed by atoms with Gasteiger partial charge < -0.3 is 10.2 Å². The number of piperidine rings is 1. The molecule has 1 saturated heterocycles. The Labute approximate surface area is 171 Å². The van der Waals surface area contributed by atoms with Crippen molar-refractivity contribution in [1.29, 1.82) is 0 Å². The van der Waals surface area contributed by atoms with Crippen LogP contribution in [0.4, 0.5) is 4.39 Å². The molecule has 4 rings (SSSR count). The van der Waals surface area contributed by atoms with Gasteiger partial charge >= 0.3 is 0 Å². The summed E-state index contributed by atoms with van der Waals surface area (Å²) in [4.78, 5) is 15.1. The summed E-state index contributed by atoms with van der Waals surface area (Å²) < 4.78 is 15.9. The second kappa shape index (κ2) is 8.91. The van der Waals surface area contributed by atoms with E-state index in [1.165, 1.54) is 12.5 Å². The number of nitrogens with zero attached hydrogens (tertiary/aromatic N) is 3. The van der Waals surface area contributed by atoms with E-state index in [0.717, 1.165) is 56.5 Å². The SMILES string of the molecule is C=CCn1nc(C(=O)N2CCCCC2)c2c1CC[C@H](NCc1ccccc1F)C2. The van der Waals surface area contributed by atoms with Crippen LogP contribution in [0, 0.1) is 5.82 Å². The molecule has 1 aliphatic carbocycles. The van der Waals surface area contributed by atoms with Crippen LogP contribution >= 0.6 is 0 Å². The van der Waals surface area contributed by atoms with E-state index in [4.69, 9.17) is 0 Å². The molecule has 1 atom stereocenters. The number of nitrogens with one attached hydrogen (secondary N) is 1. The number of halogens is 1. The molecule has 0 unspecified atom stereocenters. The normalized spacial score (nSPS) is 19.1. The minimum absolute atomic E-state index is 0.0542. The number of carbonyl (C=O) groups is 1. The smallest absolute Gasteiger partial charge is 0.274 e. The maximum atomic E-state index is 13.9. The maximum absolute atomic E-state index is 13.9. The number of likely N-dealkylation sites (tertiary alicyclic amines) is 1. The van der Waals surface area contributed by atoms with Crippen LogP contribution in [0.3, 0.4) is 0 Å². The molecule has 1 fully saturated rings. The van der Waals surface area contributed by atoms with Crippen LogP contribution in [0.15, 0.2) is 36.9 Å². The Balaban J connectivity index is 1.53. The summed E-state index contributed by atoms with van der Waals surface area (Å²) >= 11 is 0. The molecule has 0 spiro atoms. The topological polar surface area (TPSA) is 50.2 Å². The van der Waals surface area contributed by atoms with Crippen LogP contribution < -0.4 is 5.32 Å². The summed E-state index contributed by atoms with van der Waals surface area (Å²) in [6.07, 6.45) is 7.69. The van der Waals surface area contributed by atoms with Crippen LogP contribution in [-0.4, -0.2) is 39.7 Å². The number of allylic oxidation sites excluding steroid dienone is 1. The van der Waals surface area contributed by atoms with Gasteiger partial charge in [-0.3, -0.25) is 9.48 Å². The van der Waals surface area contributed by atoms with Gasteiger partial charge in [0.2, 0.25) is 0 Å².